The minimum absolute atomic E-state index is 0.162. The van der Waals surface area contributed by atoms with E-state index in [1.165, 1.54) is 4.90 Å². The first-order valence-electron chi connectivity index (χ1n) is 6.35. The van der Waals surface area contributed by atoms with Crippen molar-refractivity contribution in [2.24, 2.45) is 0 Å². The number of ether oxygens (including phenoxy) is 1. The van der Waals surface area contributed by atoms with Crippen molar-refractivity contribution < 1.29 is 9.84 Å². The van der Waals surface area contributed by atoms with Gasteiger partial charge in [0.1, 0.15) is 6.10 Å². The Hall–Kier alpha value is -1.03. The lowest BCUT2D eigenvalue weighted by molar-refractivity contribution is 0.331. The zero-order valence-corrected chi connectivity index (χ0v) is 12.5. The summed E-state index contributed by atoms with van der Waals surface area (Å²) in [5.74, 6) is 0.927. The Labute approximate surface area is 120 Å². The van der Waals surface area contributed by atoms with Crippen LogP contribution in [0.2, 0.25) is 0 Å². The standard InChI is InChI=1S/C11H14OS.C5H8O/c1-10(9-12)7-8-13-11-5-3-2-4-6-11;1-4(2)5-3-6-5/h2-7,12H,8-9H2,1H3;5H,1,3H2,2H3. The average Bonchev–Trinajstić information content (AvgIpc) is 3.25. The number of benzene rings is 1. The monoisotopic (exact) mass is 278 g/mol. The summed E-state index contributed by atoms with van der Waals surface area (Å²) in [6, 6.07) is 10.3. The Morgan fingerprint density at radius 1 is 1.42 bits per heavy atom. The van der Waals surface area contributed by atoms with Crippen molar-refractivity contribution in [1.29, 1.82) is 0 Å². The minimum atomic E-state index is 0.162. The van der Waals surface area contributed by atoms with Crippen molar-refractivity contribution in [1.82, 2.24) is 0 Å². The van der Waals surface area contributed by atoms with E-state index in [0.717, 1.165) is 23.5 Å². The first kappa shape index (κ1) is 16.0. The molecular formula is C16H22O2S. The Morgan fingerprint density at radius 2 is 2.05 bits per heavy atom. The second-order valence-corrected chi connectivity index (χ2v) is 5.59. The van der Waals surface area contributed by atoms with Crippen molar-refractivity contribution in [2.45, 2.75) is 24.8 Å². The SMILES string of the molecule is C=C(C)C1CO1.CC(=CCSc1ccccc1)CO. The molecule has 2 nitrogen and oxygen atoms in total. The Bertz CT molecular complexity index is 408. The largest absolute Gasteiger partial charge is 0.392 e. The predicted octanol–water partition coefficient (Wildman–Crippen LogP) is 3.68. The molecule has 1 unspecified atom stereocenters. The van der Waals surface area contributed by atoms with E-state index in [1.54, 1.807) is 11.8 Å². The van der Waals surface area contributed by atoms with Crippen LogP contribution in [0.3, 0.4) is 0 Å². The van der Waals surface area contributed by atoms with E-state index >= 15 is 0 Å². The van der Waals surface area contributed by atoms with E-state index in [4.69, 9.17) is 9.84 Å². The Kier molecular flexibility index (Phi) is 7.56. The first-order valence-corrected chi connectivity index (χ1v) is 7.33. The highest BCUT2D eigenvalue weighted by Crippen LogP contribution is 2.17. The fraction of sp³-hybridized carbons (Fsp3) is 0.375. The molecule has 0 aromatic heterocycles. The highest BCUT2D eigenvalue weighted by Gasteiger charge is 2.22. The molecule has 1 heterocycles. The average molecular weight is 278 g/mol. The molecule has 1 N–H and O–H groups in total. The summed E-state index contributed by atoms with van der Waals surface area (Å²) in [7, 11) is 0. The molecule has 2 rings (SSSR count). The molecule has 0 radical (unpaired) electrons. The smallest absolute Gasteiger partial charge is 0.101 e. The quantitative estimate of drug-likeness (QED) is 0.506. The summed E-state index contributed by atoms with van der Waals surface area (Å²) >= 11 is 1.78. The Morgan fingerprint density at radius 3 is 2.47 bits per heavy atom. The Balaban J connectivity index is 0.000000250. The van der Waals surface area contributed by atoms with Crippen LogP contribution in [-0.4, -0.2) is 30.2 Å². The molecule has 1 aliphatic rings. The molecule has 0 aliphatic carbocycles. The molecule has 1 atom stereocenters. The minimum Gasteiger partial charge on any atom is -0.392 e. The molecule has 19 heavy (non-hydrogen) atoms. The highest BCUT2D eigenvalue weighted by molar-refractivity contribution is 7.99. The molecule has 0 amide bonds. The van der Waals surface area contributed by atoms with E-state index in [2.05, 4.69) is 24.8 Å². The van der Waals surface area contributed by atoms with Gasteiger partial charge in [-0.15, -0.1) is 11.8 Å². The molecule has 1 aromatic carbocycles. The van der Waals surface area contributed by atoms with Gasteiger partial charge < -0.3 is 9.84 Å². The summed E-state index contributed by atoms with van der Waals surface area (Å²) in [6.45, 7) is 8.67. The maximum absolute atomic E-state index is 8.75. The topological polar surface area (TPSA) is 32.8 Å². The van der Waals surface area contributed by atoms with Gasteiger partial charge in [0.15, 0.2) is 0 Å². The van der Waals surface area contributed by atoms with Crippen molar-refractivity contribution >= 4 is 11.8 Å². The van der Waals surface area contributed by atoms with Gasteiger partial charge in [0.05, 0.1) is 13.2 Å². The van der Waals surface area contributed by atoms with Gasteiger partial charge in [0.2, 0.25) is 0 Å². The van der Waals surface area contributed by atoms with Gasteiger partial charge in [-0.1, -0.05) is 36.4 Å². The molecule has 1 aromatic rings. The lowest BCUT2D eigenvalue weighted by Crippen LogP contribution is -1.84. The van der Waals surface area contributed by atoms with Gasteiger partial charge in [-0.25, -0.2) is 0 Å². The fourth-order valence-electron chi connectivity index (χ4n) is 1.19. The number of hydrogen-bond acceptors (Lipinski definition) is 3. The number of aliphatic hydroxyl groups is 1. The molecule has 3 heteroatoms. The molecule has 104 valence electrons. The van der Waals surface area contributed by atoms with E-state index in [9.17, 15) is 0 Å². The van der Waals surface area contributed by atoms with Crippen molar-refractivity contribution in [2.75, 3.05) is 19.0 Å². The number of hydrogen-bond donors (Lipinski definition) is 1. The van der Waals surface area contributed by atoms with Gasteiger partial charge in [-0.3, -0.25) is 0 Å². The van der Waals surface area contributed by atoms with Gasteiger partial charge in [0, 0.05) is 10.6 Å². The molecule has 0 bridgehead atoms. The van der Waals surface area contributed by atoms with Gasteiger partial charge in [-0.05, 0) is 31.6 Å². The van der Waals surface area contributed by atoms with E-state index in [-0.39, 0.29) is 6.61 Å². The summed E-state index contributed by atoms with van der Waals surface area (Å²) in [6.07, 6.45) is 2.46. The molecule has 1 fully saturated rings. The van der Waals surface area contributed by atoms with Crippen LogP contribution in [0.5, 0.6) is 0 Å². The molecule has 1 saturated heterocycles. The number of rotatable bonds is 5. The second-order valence-electron chi connectivity index (χ2n) is 4.50. The van der Waals surface area contributed by atoms with E-state index in [1.807, 2.05) is 32.0 Å². The number of thioether (sulfide) groups is 1. The van der Waals surface area contributed by atoms with Crippen molar-refractivity contribution in [3.63, 3.8) is 0 Å². The van der Waals surface area contributed by atoms with Crippen molar-refractivity contribution in [3.8, 4) is 0 Å². The van der Waals surface area contributed by atoms with Crippen LogP contribution in [0, 0.1) is 0 Å². The van der Waals surface area contributed by atoms with Crippen LogP contribution in [0.1, 0.15) is 13.8 Å². The van der Waals surface area contributed by atoms with Crippen LogP contribution in [0.15, 0.2) is 59.0 Å². The first-order chi connectivity index (χ1) is 9.13. The van der Waals surface area contributed by atoms with Crippen LogP contribution < -0.4 is 0 Å². The summed E-state index contributed by atoms with van der Waals surface area (Å²) in [5.41, 5.74) is 2.18. The van der Waals surface area contributed by atoms with Crippen LogP contribution >= 0.6 is 11.8 Å². The maximum atomic E-state index is 8.75. The summed E-state index contributed by atoms with van der Waals surface area (Å²) in [5, 5.41) is 8.75. The number of aliphatic hydroxyl groups excluding tert-OH is 1. The predicted molar refractivity (Wildman–Crippen MR) is 82.6 cm³/mol. The molecular weight excluding hydrogens is 256 g/mol. The summed E-state index contributed by atoms with van der Waals surface area (Å²) < 4.78 is 4.87. The lowest BCUT2D eigenvalue weighted by atomic mass is 10.3. The van der Waals surface area contributed by atoms with E-state index < -0.39 is 0 Å². The molecule has 0 saturated carbocycles. The third-order valence-electron chi connectivity index (χ3n) is 2.56. The highest BCUT2D eigenvalue weighted by atomic mass is 32.2. The van der Waals surface area contributed by atoms with Gasteiger partial charge in [-0.2, -0.15) is 0 Å². The van der Waals surface area contributed by atoms with Crippen LogP contribution in [-0.2, 0) is 4.74 Å². The molecule has 0 spiro atoms. The zero-order valence-electron chi connectivity index (χ0n) is 11.6. The third kappa shape index (κ3) is 7.88. The van der Waals surface area contributed by atoms with Gasteiger partial charge >= 0.3 is 0 Å². The fourth-order valence-corrected chi connectivity index (χ4v) is 2.10. The van der Waals surface area contributed by atoms with Crippen molar-refractivity contribution in [3.05, 3.63) is 54.1 Å². The van der Waals surface area contributed by atoms with E-state index in [0.29, 0.717) is 6.10 Å². The second kappa shape index (κ2) is 8.97. The number of epoxide rings is 1. The summed E-state index contributed by atoms with van der Waals surface area (Å²) in [4.78, 5) is 1.27. The normalized spacial score (nSPS) is 17.4. The lowest BCUT2D eigenvalue weighted by Gasteiger charge is -1.97. The van der Waals surface area contributed by atoms with Gasteiger partial charge in [0.25, 0.3) is 0 Å². The maximum Gasteiger partial charge on any atom is 0.101 e. The zero-order chi connectivity index (χ0) is 14.1. The van der Waals surface area contributed by atoms with Crippen LogP contribution in [0.25, 0.3) is 0 Å². The third-order valence-corrected chi connectivity index (χ3v) is 3.50. The van der Waals surface area contributed by atoms with Crippen LogP contribution in [0.4, 0.5) is 0 Å². The molecule has 1 aliphatic heterocycles.